The van der Waals surface area contributed by atoms with Gasteiger partial charge in [0, 0.05) is 0 Å². The molecule has 68 valence electrons. The van der Waals surface area contributed by atoms with Gasteiger partial charge in [-0.25, -0.2) is 4.21 Å². The van der Waals surface area contributed by atoms with E-state index in [1.807, 2.05) is 25.1 Å². The average Bonchev–Trinajstić information content (AvgIpc) is 2.06. The van der Waals surface area contributed by atoms with Gasteiger partial charge in [0.1, 0.15) is 5.75 Å². The first-order chi connectivity index (χ1) is 5.83. The van der Waals surface area contributed by atoms with E-state index in [-0.39, 0.29) is 29.6 Å². The normalized spacial score (nSPS) is 11.5. The van der Waals surface area contributed by atoms with E-state index in [1.165, 1.54) is 0 Å². The van der Waals surface area contributed by atoms with Crippen LogP contribution < -0.4 is 4.18 Å². The zero-order valence-corrected chi connectivity index (χ0v) is 7.84. The second-order valence-electron chi connectivity index (χ2n) is 2.40. The van der Waals surface area contributed by atoms with Crippen molar-refractivity contribution in [2.75, 3.05) is 5.75 Å². The molecule has 0 aliphatic heterocycles. The van der Waals surface area contributed by atoms with Crippen LogP contribution in [-0.2, 0) is 11.1 Å². The molecule has 1 rings (SSSR count). The van der Waals surface area contributed by atoms with Crippen LogP contribution in [0.2, 0.25) is 0 Å². The molecule has 0 saturated heterocycles. The van der Waals surface area contributed by atoms with Crippen LogP contribution in [0, 0.1) is 0 Å². The summed E-state index contributed by atoms with van der Waals surface area (Å²) in [5, 5.41) is 0. The molecule has 0 amide bonds. The first kappa shape index (κ1) is 13.2. The second-order valence-corrected chi connectivity index (χ2v) is 3.59. The minimum atomic E-state index is -1.17. The first-order valence-electron chi connectivity index (χ1n) is 3.94. The molecule has 0 saturated carbocycles. The van der Waals surface area contributed by atoms with Gasteiger partial charge in [-0.05, 0) is 18.6 Å². The van der Waals surface area contributed by atoms with Gasteiger partial charge in [0.05, 0.1) is 5.75 Å². The molecule has 1 aromatic rings. The van der Waals surface area contributed by atoms with Crippen molar-refractivity contribution < 1.29 is 8.39 Å². The third-order valence-corrected chi connectivity index (χ3v) is 2.42. The zero-order valence-electron chi connectivity index (χ0n) is 7.03. The number of hydrogen-bond acceptors (Lipinski definition) is 2. The summed E-state index contributed by atoms with van der Waals surface area (Å²) in [5.41, 5.74) is 0. The fourth-order valence-corrected chi connectivity index (χ4v) is 1.53. The fraction of sp³-hybridized carbons (Fsp3) is 0.333. The summed E-state index contributed by atoms with van der Waals surface area (Å²) in [6, 6.07) is 9.22. The van der Waals surface area contributed by atoms with Crippen molar-refractivity contribution in [2.24, 2.45) is 0 Å². The monoisotopic (exact) mass is 208 g/mol. The Bertz CT molecular complexity index is 251. The van der Waals surface area contributed by atoms with Gasteiger partial charge in [-0.2, -0.15) is 0 Å². The Morgan fingerprint density at radius 1 is 1.31 bits per heavy atom. The van der Waals surface area contributed by atoms with Crippen LogP contribution >= 0.6 is 0 Å². The van der Waals surface area contributed by atoms with E-state index in [4.69, 9.17) is 4.18 Å². The van der Waals surface area contributed by atoms with E-state index in [2.05, 4.69) is 0 Å². The van der Waals surface area contributed by atoms with Gasteiger partial charge >= 0.3 is 29.6 Å². The summed E-state index contributed by atoms with van der Waals surface area (Å²) < 4.78 is 16.2. The van der Waals surface area contributed by atoms with Crippen LogP contribution in [-0.4, -0.2) is 39.5 Å². The Morgan fingerprint density at radius 2 is 1.92 bits per heavy atom. The Hall–Kier alpha value is 0.170. The van der Waals surface area contributed by atoms with Crippen molar-refractivity contribution in [3.05, 3.63) is 30.3 Å². The molecule has 0 fully saturated rings. The van der Waals surface area contributed by atoms with Gasteiger partial charge in [0.15, 0.2) is 0 Å². The van der Waals surface area contributed by atoms with Gasteiger partial charge in [-0.15, -0.1) is 0 Å². The summed E-state index contributed by atoms with van der Waals surface area (Å²) in [6.45, 7) is 1.98. The number of hydrogen-bond donors (Lipinski definition) is 0. The Kier molecular flexibility index (Phi) is 7.66. The summed E-state index contributed by atoms with van der Waals surface area (Å²) >= 11 is -1.17. The van der Waals surface area contributed by atoms with Crippen LogP contribution in [0.5, 0.6) is 5.75 Å². The van der Waals surface area contributed by atoms with Crippen LogP contribution in [0.25, 0.3) is 0 Å². The molecule has 4 heteroatoms. The van der Waals surface area contributed by atoms with Crippen molar-refractivity contribution in [1.29, 1.82) is 0 Å². The standard InChI is InChI=1S/C9H12O2S.Na.H/c1-2-8-12(10)11-9-6-4-3-5-7-9;;/h3-7H,2,8H2,1H3;;. The predicted octanol–water partition coefficient (Wildman–Crippen LogP) is 1.49. The average molecular weight is 208 g/mol. The van der Waals surface area contributed by atoms with Crippen molar-refractivity contribution >= 4 is 40.6 Å². The molecular weight excluding hydrogens is 195 g/mol. The zero-order chi connectivity index (χ0) is 8.81. The van der Waals surface area contributed by atoms with Crippen molar-refractivity contribution in [3.8, 4) is 5.75 Å². The third-order valence-electron chi connectivity index (χ3n) is 1.30. The molecule has 0 N–H and O–H groups in total. The van der Waals surface area contributed by atoms with Crippen molar-refractivity contribution in [3.63, 3.8) is 0 Å². The van der Waals surface area contributed by atoms with Crippen LogP contribution in [0.15, 0.2) is 30.3 Å². The van der Waals surface area contributed by atoms with Crippen LogP contribution in [0.3, 0.4) is 0 Å². The molecule has 1 aromatic carbocycles. The first-order valence-corrected chi connectivity index (χ1v) is 5.19. The Balaban J connectivity index is 0.00000144. The molecule has 0 aliphatic carbocycles. The number of benzene rings is 1. The van der Waals surface area contributed by atoms with E-state index in [1.54, 1.807) is 12.1 Å². The molecule has 1 atom stereocenters. The van der Waals surface area contributed by atoms with Crippen LogP contribution in [0.1, 0.15) is 13.3 Å². The molecule has 0 radical (unpaired) electrons. The second kappa shape index (κ2) is 7.56. The molecule has 0 spiro atoms. The number of rotatable bonds is 4. The van der Waals surface area contributed by atoms with Gasteiger partial charge in [-0.3, -0.25) is 0 Å². The van der Waals surface area contributed by atoms with E-state index < -0.39 is 11.1 Å². The summed E-state index contributed by atoms with van der Waals surface area (Å²) in [6.07, 6.45) is 0.874. The third kappa shape index (κ3) is 5.47. The van der Waals surface area contributed by atoms with Gasteiger partial charge in [-0.1, -0.05) is 25.1 Å². The minimum absolute atomic E-state index is 0. The van der Waals surface area contributed by atoms with Crippen molar-refractivity contribution in [2.45, 2.75) is 13.3 Å². The van der Waals surface area contributed by atoms with Gasteiger partial charge < -0.3 is 4.18 Å². The molecule has 13 heavy (non-hydrogen) atoms. The Labute approximate surface area is 104 Å². The van der Waals surface area contributed by atoms with E-state index in [0.717, 1.165) is 6.42 Å². The van der Waals surface area contributed by atoms with Gasteiger partial charge in [0.2, 0.25) is 11.1 Å². The summed E-state index contributed by atoms with van der Waals surface area (Å²) in [4.78, 5) is 0. The Morgan fingerprint density at radius 3 is 2.46 bits per heavy atom. The fourth-order valence-electron chi connectivity index (χ4n) is 0.792. The molecule has 0 aliphatic rings. The quantitative estimate of drug-likeness (QED) is 0.701. The van der Waals surface area contributed by atoms with Crippen molar-refractivity contribution in [1.82, 2.24) is 0 Å². The molecule has 0 heterocycles. The maximum atomic E-state index is 11.1. The summed E-state index contributed by atoms with van der Waals surface area (Å²) in [5.74, 6) is 1.26. The van der Waals surface area contributed by atoms with Gasteiger partial charge in [0.25, 0.3) is 0 Å². The topological polar surface area (TPSA) is 26.3 Å². The molecule has 0 aromatic heterocycles. The van der Waals surface area contributed by atoms with E-state index >= 15 is 0 Å². The molecule has 1 unspecified atom stereocenters. The number of para-hydroxylation sites is 1. The maximum absolute atomic E-state index is 11.1. The SMILES string of the molecule is CCCS(=O)Oc1ccccc1.[NaH]. The molecule has 0 bridgehead atoms. The molecule has 2 nitrogen and oxygen atoms in total. The predicted molar refractivity (Wildman–Crippen MR) is 57.5 cm³/mol. The van der Waals surface area contributed by atoms with E-state index in [0.29, 0.717) is 11.5 Å². The van der Waals surface area contributed by atoms with E-state index in [9.17, 15) is 4.21 Å². The summed E-state index contributed by atoms with van der Waals surface area (Å²) in [7, 11) is 0. The molecular formula is C9H13NaO2S. The van der Waals surface area contributed by atoms with Crippen LogP contribution in [0.4, 0.5) is 0 Å².